The van der Waals surface area contributed by atoms with Gasteiger partial charge in [0.15, 0.2) is 0 Å². The summed E-state index contributed by atoms with van der Waals surface area (Å²) in [4.78, 5) is 12.9. The molecule has 3 N–H and O–H groups in total. The first-order valence-corrected chi connectivity index (χ1v) is 8.04. The Hall–Kier alpha value is -0.940. The minimum absolute atomic E-state index is 0.00148. The number of amides is 1. The molecule has 1 aromatic heterocycles. The van der Waals surface area contributed by atoms with Gasteiger partial charge in [0.05, 0.1) is 16.4 Å². The quantitative estimate of drug-likeness (QED) is 0.839. The summed E-state index contributed by atoms with van der Waals surface area (Å²) < 4.78 is 0. The number of thiocarbonyl (C=S) groups is 1. The Labute approximate surface area is 123 Å². The number of hydrogen-bond acceptors (Lipinski definition) is 3. The van der Waals surface area contributed by atoms with Gasteiger partial charge >= 0.3 is 0 Å². The maximum absolute atomic E-state index is 12.6. The summed E-state index contributed by atoms with van der Waals surface area (Å²) in [5.41, 5.74) is 6.37. The number of carbonyl (C=O) groups is 1. The summed E-state index contributed by atoms with van der Waals surface area (Å²) in [5, 5.41) is 7.15. The molecule has 104 valence electrons. The average molecular weight is 296 g/mol. The molecule has 0 aromatic carbocycles. The summed E-state index contributed by atoms with van der Waals surface area (Å²) in [6.07, 6.45) is 4.78. The van der Waals surface area contributed by atoms with E-state index in [4.69, 9.17) is 18.0 Å². The summed E-state index contributed by atoms with van der Waals surface area (Å²) in [6, 6.07) is 2.04. The molecule has 1 amide bonds. The van der Waals surface area contributed by atoms with Gasteiger partial charge in [-0.2, -0.15) is 11.3 Å². The standard InChI is InChI=1S/C14H20N2OS2/c1-10(11-5-8-19-9-11)16-13(17)14(12(15)18)6-3-2-4-7-14/h5,8-10H,2-4,6-7H2,1H3,(H2,15,18)(H,16,17). The molecule has 0 aliphatic heterocycles. The molecule has 3 nitrogen and oxygen atoms in total. The van der Waals surface area contributed by atoms with Crippen LogP contribution in [0.15, 0.2) is 16.8 Å². The van der Waals surface area contributed by atoms with Crippen molar-refractivity contribution in [2.24, 2.45) is 11.1 Å². The van der Waals surface area contributed by atoms with E-state index in [1.165, 1.54) is 0 Å². The second-order valence-electron chi connectivity index (χ2n) is 5.26. The molecule has 0 saturated heterocycles. The van der Waals surface area contributed by atoms with Crippen LogP contribution < -0.4 is 11.1 Å². The van der Waals surface area contributed by atoms with Crippen LogP contribution in [-0.4, -0.2) is 10.9 Å². The van der Waals surface area contributed by atoms with Crippen LogP contribution >= 0.6 is 23.6 Å². The Morgan fingerprint density at radius 3 is 2.68 bits per heavy atom. The van der Waals surface area contributed by atoms with Crippen LogP contribution in [0.4, 0.5) is 0 Å². The lowest BCUT2D eigenvalue weighted by atomic mass is 9.73. The van der Waals surface area contributed by atoms with Crippen molar-refractivity contribution in [3.63, 3.8) is 0 Å². The fourth-order valence-corrected chi connectivity index (χ4v) is 3.73. The van der Waals surface area contributed by atoms with Gasteiger partial charge in [0.25, 0.3) is 0 Å². The lowest BCUT2D eigenvalue weighted by Crippen LogP contribution is -2.50. The maximum atomic E-state index is 12.6. The first-order valence-electron chi connectivity index (χ1n) is 6.69. The third-order valence-corrected chi connectivity index (χ3v) is 5.10. The van der Waals surface area contributed by atoms with E-state index < -0.39 is 5.41 Å². The molecular weight excluding hydrogens is 276 g/mol. The lowest BCUT2D eigenvalue weighted by Gasteiger charge is -2.35. The third-order valence-electron chi connectivity index (χ3n) is 4.00. The van der Waals surface area contributed by atoms with Gasteiger partial charge in [0, 0.05) is 0 Å². The van der Waals surface area contributed by atoms with Crippen molar-refractivity contribution in [2.45, 2.75) is 45.1 Å². The number of carbonyl (C=O) groups excluding carboxylic acids is 1. The van der Waals surface area contributed by atoms with E-state index in [1.54, 1.807) is 11.3 Å². The summed E-state index contributed by atoms with van der Waals surface area (Å²) >= 11 is 6.81. The van der Waals surface area contributed by atoms with Gasteiger partial charge in [0.2, 0.25) is 5.91 Å². The zero-order valence-corrected chi connectivity index (χ0v) is 12.8. The molecule has 1 heterocycles. The molecular formula is C14H20N2OS2. The van der Waals surface area contributed by atoms with E-state index in [1.807, 2.05) is 18.4 Å². The van der Waals surface area contributed by atoms with Gasteiger partial charge in [-0.15, -0.1) is 0 Å². The van der Waals surface area contributed by atoms with Gasteiger partial charge in [0.1, 0.15) is 0 Å². The Morgan fingerprint density at radius 2 is 2.16 bits per heavy atom. The van der Waals surface area contributed by atoms with Crippen molar-refractivity contribution in [2.75, 3.05) is 0 Å². The van der Waals surface area contributed by atoms with Crippen molar-refractivity contribution in [1.82, 2.24) is 5.32 Å². The van der Waals surface area contributed by atoms with Crippen LogP contribution in [0.25, 0.3) is 0 Å². The predicted molar refractivity (Wildman–Crippen MR) is 83.2 cm³/mol. The minimum Gasteiger partial charge on any atom is -0.392 e. The fraction of sp³-hybridized carbons (Fsp3) is 0.571. The largest absolute Gasteiger partial charge is 0.392 e. The van der Waals surface area contributed by atoms with Crippen molar-refractivity contribution >= 4 is 34.5 Å². The van der Waals surface area contributed by atoms with Gasteiger partial charge in [-0.3, -0.25) is 4.79 Å². The van der Waals surface area contributed by atoms with E-state index in [9.17, 15) is 4.79 Å². The van der Waals surface area contributed by atoms with Crippen molar-refractivity contribution in [1.29, 1.82) is 0 Å². The molecule has 1 aliphatic rings. The van der Waals surface area contributed by atoms with Gasteiger partial charge in [-0.25, -0.2) is 0 Å². The zero-order chi connectivity index (χ0) is 13.9. The number of thiophene rings is 1. The molecule has 0 radical (unpaired) electrons. The first kappa shape index (κ1) is 14.5. The van der Waals surface area contributed by atoms with Crippen molar-refractivity contribution in [3.8, 4) is 0 Å². The number of hydrogen-bond donors (Lipinski definition) is 2. The molecule has 19 heavy (non-hydrogen) atoms. The average Bonchev–Trinajstić information content (AvgIpc) is 2.93. The number of rotatable bonds is 4. The molecule has 0 spiro atoms. The Bertz CT molecular complexity index is 450. The van der Waals surface area contributed by atoms with E-state index in [0.29, 0.717) is 4.99 Å². The Balaban J connectivity index is 2.10. The third kappa shape index (κ3) is 2.98. The summed E-state index contributed by atoms with van der Waals surface area (Å²) in [7, 11) is 0. The molecule has 1 aliphatic carbocycles. The fourth-order valence-electron chi connectivity index (χ4n) is 2.68. The normalized spacial score (nSPS) is 19.6. The molecule has 2 rings (SSSR count). The van der Waals surface area contributed by atoms with Crippen molar-refractivity contribution in [3.05, 3.63) is 22.4 Å². The lowest BCUT2D eigenvalue weighted by molar-refractivity contribution is -0.129. The Morgan fingerprint density at radius 1 is 1.47 bits per heavy atom. The summed E-state index contributed by atoms with van der Waals surface area (Å²) in [6.45, 7) is 2.00. The highest BCUT2D eigenvalue weighted by molar-refractivity contribution is 7.80. The highest BCUT2D eigenvalue weighted by atomic mass is 32.1. The van der Waals surface area contributed by atoms with Crippen LogP contribution in [0.1, 0.15) is 50.6 Å². The topological polar surface area (TPSA) is 55.1 Å². The van der Waals surface area contributed by atoms with Crippen LogP contribution in [0, 0.1) is 5.41 Å². The van der Waals surface area contributed by atoms with E-state index in [0.717, 1.165) is 37.7 Å². The Kier molecular flexibility index (Phi) is 4.58. The highest BCUT2D eigenvalue weighted by Gasteiger charge is 2.42. The van der Waals surface area contributed by atoms with Gasteiger partial charge < -0.3 is 11.1 Å². The molecule has 1 aromatic rings. The SMILES string of the molecule is CC(NC(=O)C1(C(N)=S)CCCCC1)c1ccsc1. The van der Waals surface area contributed by atoms with Crippen LogP contribution in [0.5, 0.6) is 0 Å². The molecule has 1 atom stereocenters. The predicted octanol–water partition coefficient (Wildman–Crippen LogP) is 3.16. The summed E-state index contributed by atoms with van der Waals surface area (Å²) in [5.74, 6) is -0.00148. The second kappa shape index (κ2) is 6.01. The molecule has 1 unspecified atom stereocenters. The van der Waals surface area contributed by atoms with Crippen LogP contribution in [-0.2, 0) is 4.79 Å². The molecule has 0 bridgehead atoms. The zero-order valence-electron chi connectivity index (χ0n) is 11.1. The monoisotopic (exact) mass is 296 g/mol. The van der Waals surface area contributed by atoms with Gasteiger partial charge in [-0.05, 0) is 42.2 Å². The van der Waals surface area contributed by atoms with Crippen LogP contribution in [0.2, 0.25) is 0 Å². The van der Waals surface area contributed by atoms with Crippen molar-refractivity contribution < 1.29 is 4.79 Å². The van der Waals surface area contributed by atoms with Gasteiger partial charge in [-0.1, -0.05) is 31.5 Å². The number of nitrogens with two attached hydrogens (primary N) is 1. The first-order chi connectivity index (χ1) is 9.06. The minimum atomic E-state index is -0.627. The highest BCUT2D eigenvalue weighted by Crippen LogP contribution is 2.37. The van der Waals surface area contributed by atoms with E-state index in [-0.39, 0.29) is 11.9 Å². The molecule has 1 saturated carbocycles. The molecule has 1 fully saturated rings. The van der Waals surface area contributed by atoms with E-state index >= 15 is 0 Å². The molecule has 5 heteroatoms. The van der Waals surface area contributed by atoms with Crippen LogP contribution in [0.3, 0.4) is 0 Å². The maximum Gasteiger partial charge on any atom is 0.233 e. The number of nitrogens with one attached hydrogen (secondary N) is 1. The second-order valence-corrected chi connectivity index (χ2v) is 6.48. The smallest absolute Gasteiger partial charge is 0.233 e. The van der Waals surface area contributed by atoms with E-state index in [2.05, 4.69) is 10.7 Å².